The van der Waals surface area contributed by atoms with Crippen LogP contribution < -0.4 is 0 Å². The van der Waals surface area contributed by atoms with Gasteiger partial charge >= 0.3 is 5.97 Å². The molecular formula is C25H24O5S. The summed E-state index contributed by atoms with van der Waals surface area (Å²) in [5.41, 5.74) is 1.49. The van der Waals surface area contributed by atoms with Crippen LogP contribution in [0.3, 0.4) is 0 Å². The van der Waals surface area contributed by atoms with Crippen molar-refractivity contribution in [1.82, 2.24) is 0 Å². The van der Waals surface area contributed by atoms with Gasteiger partial charge in [0.15, 0.2) is 9.84 Å². The van der Waals surface area contributed by atoms with Gasteiger partial charge in [-0.15, -0.1) is 0 Å². The lowest BCUT2D eigenvalue weighted by Gasteiger charge is -2.29. The van der Waals surface area contributed by atoms with Crippen LogP contribution in [0.15, 0.2) is 95.9 Å². The lowest BCUT2D eigenvalue weighted by Crippen LogP contribution is -2.35. The van der Waals surface area contributed by atoms with Crippen molar-refractivity contribution >= 4 is 15.8 Å². The van der Waals surface area contributed by atoms with E-state index in [-0.39, 0.29) is 4.90 Å². The highest BCUT2D eigenvalue weighted by atomic mass is 32.2. The van der Waals surface area contributed by atoms with E-state index in [9.17, 15) is 18.3 Å². The van der Waals surface area contributed by atoms with Crippen molar-refractivity contribution in [2.75, 3.05) is 6.61 Å². The summed E-state index contributed by atoms with van der Waals surface area (Å²) in [7, 11) is -3.87. The van der Waals surface area contributed by atoms with E-state index < -0.39 is 45.6 Å². The minimum absolute atomic E-state index is 0.179. The van der Waals surface area contributed by atoms with E-state index in [1.54, 1.807) is 54.6 Å². The average Bonchev–Trinajstić information content (AvgIpc) is 3.11. The molecule has 5 nitrogen and oxygen atoms in total. The van der Waals surface area contributed by atoms with Crippen molar-refractivity contribution in [3.8, 4) is 0 Å². The van der Waals surface area contributed by atoms with Crippen LogP contribution in [0, 0.1) is 11.8 Å². The highest BCUT2D eigenvalue weighted by Gasteiger charge is 2.52. The minimum atomic E-state index is -3.87. The van der Waals surface area contributed by atoms with Crippen LogP contribution in [0.25, 0.3) is 0 Å². The Morgan fingerprint density at radius 3 is 1.97 bits per heavy atom. The fourth-order valence-corrected chi connectivity index (χ4v) is 6.52. The topological polar surface area (TPSA) is 80.7 Å². The Bertz CT molecular complexity index is 1110. The summed E-state index contributed by atoms with van der Waals surface area (Å²) >= 11 is 0. The quantitative estimate of drug-likeness (QED) is 0.573. The highest BCUT2D eigenvalue weighted by Crippen LogP contribution is 2.46. The molecule has 3 aromatic rings. The fourth-order valence-electron chi connectivity index (χ4n) is 4.39. The molecule has 0 saturated carbocycles. The zero-order chi connectivity index (χ0) is 21.8. The molecule has 4 atom stereocenters. The summed E-state index contributed by atoms with van der Waals surface area (Å²) < 4.78 is 33.2. The Hall–Kier alpha value is -2.96. The van der Waals surface area contributed by atoms with Gasteiger partial charge in [-0.3, -0.25) is 4.79 Å². The van der Waals surface area contributed by atoms with E-state index in [0.29, 0.717) is 12.0 Å². The summed E-state index contributed by atoms with van der Waals surface area (Å²) in [6.45, 7) is -0.435. The lowest BCUT2D eigenvalue weighted by atomic mass is 9.81. The lowest BCUT2D eigenvalue weighted by molar-refractivity contribution is -0.145. The molecule has 1 heterocycles. The molecule has 0 aromatic heterocycles. The van der Waals surface area contributed by atoms with Crippen molar-refractivity contribution in [2.45, 2.75) is 22.7 Å². The zero-order valence-corrected chi connectivity index (χ0v) is 17.7. The highest BCUT2D eigenvalue weighted by molar-refractivity contribution is 7.91. The second kappa shape index (κ2) is 9.04. The van der Waals surface area contributed by atoms with Crippen LogP contribution in [0.1, 0.15) is 16.4 Å². The minimum Gasteiger partial charge on any atom is -0.459 e. The predicted molar refractivity (Wildman–Crippen MR) is 117 cm³/mol. The normalized spacial score (nSPS) is 22.1. The Labute approximate surface area is 182 Å². The largest absolute Gasteiger partial charge is 0.459 e. The molecule has 31 heavy (non-hydrogen) atoms. The van der Waals surface area contributed by atoms with Crippen LogP contribution >= 0.6 is 0 Å². The molecule has 1 fully saturated rings. The third-order valence-corrected chi connectivity index (χ3v) is 8.01. The first-order chi connectivity index (χ1) is 15.0. The Morgan fingerprint density at radius 2 is 1.39 bits per heavy atom. The third kappa shape index (κ3) is 4.27. The molecule has 1 saturated heterocycles. The second-order valence-corrected chi connectivity index (χ2v) is 9.79. The monoisotopic (exact) mass is 436 g/mol. The summed E-state index contributed by atoms with van der Waals surface area (Å²) in [4.78, 5) is 13.0. The number of cyclic esters (lactones) is 1. The molecule has 0 radical (unpaired) electrons. The van der Waals surface area contributed by atoms with E-state index in [4.69, 9.17) is 4.74 Å². The van der Waals surface area contributed by atoms with Gasteiger partial charge in [-0.1, -0.05) is 78.9 Å². The number of carbonyl (C=O) groups is 1. The van der Waals surface area contributed by atoms with Crippen LogP contribution in [0.4, 0.5) is 0 Å². The van der Waals surface area contributed by atoms with Gasteiger partial charge in [0, 0.05) is 5.92 Å². The van der Waals surface area contributed by atoms with E-state index >= 15 is 0 Å². The van der Waals surface area contributed by atoms with Crippen molar-refractivity contribution in [1.29, 1.82) is 0 Å². The summed E-state index contributed by atoms with van der Waals surface area (Å²) in [5.74, 6) is -1.90. The first-order valence-corrected chi connectivity index (χ1v) is 11.8. The van der Waals surface area contributed by atoms with Gasteiger partial charge in [0.2, 0.25) is 0 Å². The average molecular weight is 437 g/mol. The zero-order valence-electron chi connectivity index (χ0n) is 16.9. The number of esters is 1. The predicted octanol–water partition coefficient (Wildman–Crippen LogP) is 3.59. The SMILES string of the molecule is O=C1O[C@H](CO)[C@H]([C@@H](c2ccccc2)S(=O)(=O)c2ccccc2)[C@H]1Cc1ccccc1. The van der Waals surface area contributed by atoms with Gasteiger partial charge < -0.3 is 9.84 Å². The first kappa shape index (κ1) is 21.3. The number of aliphatic hydroxyl groups excluding tert-OH is 1. The fraction of sp³-hybridized carbons (Fsp3) is 0.240. The number of carbonyl (C=O) groups excluding carboxylic acids is 1. The van der Waals surface area contributed by atoms with E-state index in [1.165, 1.54) is 0 Å². The van der Waals surface area contributed by atoms with Crippen LogP contribution in [0.2, 0.25) is 0 Å². The van der Waals surface area contributed by atoms with E-state index in [2.05, 4.69) is 0 Å². The molecule has 1 aliphatic heterocycles. The van der Waals surface area contributed by atoms with Crippen LogP contribution in [-0.2, 0) is 25.8 Å². The summed E-state index contributed by atoms with van der Waals surface area (Å²) in [6.07, 6.45) is -0.556. The molecule has 0 unspecified atom stereocenters. The number of rotatable bonds is 7. The molecule has 4 rings (SSSR count). The number of benzene rings is 3. The molecule has 0 bridgehead atoms. The Kier molecular flexibility index (Phi) is 6.20. The molecule has 0 spiro atoms. The second-order valence-electron chi connectivity index (χ2n) is 7.72. The number of aliphatic hydroxyl groups is 1. The van der Waals surface area contributed by atoms with Gasteiger partial charge in [-0.05, 0) is 29.7 Å². The van der Waals surface area contributed by atoms with Crippen LogP contribution in [-0.4, -0.2) is 32.2 Å². The molecule has 3 aromatic carbocycles. The van der Waals surface area contributed by atoms with Crippen LogP contribution in [0.5, 0.6) is 0 Å². The maximum Gasteiger partial charge on any atom is 0.310 e. The van der Waals surface area contributed by atoms with Gasteiger partial charge in [0.25, 0.3) is 0 Å². The summed E-state index contributed by atoms with van der Waals surface area (Å²) in [6, 6.07) is 26.6. The van der Waals surface area contributed by atoms with Crippen molar-refractivity contribution in [3.63, 3.8) is 0 Å². The number of hydrogen-bond acceptors (Lipinski definition) is 5. The number of sulfone groups is 1. The third-order valence-electron chi connectivity index (χ3n) is 5.83. The van der Waals surface area contributed by atoms with Crippen molar-refractivity contribution in [3.05, 3.63) is 102 Å². The molecule has 6 heteroatoms. The summed E-state index contributed by atoms with van der Waals surface area (Å²) in [5, 5.41) is 8.96. The van der Waals surface area contributed by atoms with Gasteiger partial charge in [-0.25, -0.2) is 8.42 Å². The van der Waals surface area contributed by atoms with Crippen molar-refractivity contribution < 1.29 is 23.1 Å². The van der Waals surface area contributed by atoms with Gasteiger partial charge in [0.1, 0.15) is 6.10 Å². The molecule has 1 N–H and O–H groups in total. The first-order valence-electron chi connectivity index (χ1n) is 10.2. The molecule has 160 valence electrons. The number of ether oxygens (including phenoxy) is 1. The molecule has 0 aliphatic carbocycles. The maximum absolute atomic E-state index is 13.8. The Balaban J connectivity index is 1.84. The van der Waals surface area contributed by atoms with Gasteiger partial charge in [0.05, 0.1) is 22.7 Å². The maximum atomic E-state index is 13.8. The smallest absolute Gasteiger partial charge is 0.310 e. The molecule has 1 aliphatic rings. The molecular weight excluding hydrogens is 412 g/mol. The molecule has 0 amide bonds. The standard InChI is InChI=1S/C25H24O5S/c26-17-22-23(21(25(27)30-22)16-18-10-4-1-5-11-18)24(19-12-6-2-7-13-19)31(28,29)20-14-8-3-9-15-20/h1-15,21-24,26H,16-17H2/t21-,22-,23-,24-/m1/s1. The van der Waals surface area contributed by atoms with E-state index in [1.807, 2.05) is 36.4 Å². The van der Waals surface area contributed by atoms with Crippen molar-refractivity contribution in [2.24, 2.45) is 11.8 Å². The number of hydrogen-bond donors (Lipinski definition) is 1. The van der Waals surface area contributed by atoms with E-state index in [0.717, 1.165) is 5.56 Å². The Morgan fingerprint density at radius 1 is 0.839 bits per heavy atom. The van der Waals surface area contributed by atoms with Gasteiger partial charge in [-0.2, -0.15) is 0 Å².